The number of aliphatic hydroxyl groups excluding tert-OH is 1. The number of nitro groups is 1. The Morgan fingerprint density at radius 2 is 2.10 bits per heavy atom. The smallest absolute Gasteiger partial charge is 0.417 e. The summed E-state index contributed by atoms with van der Waals surface area (Å²) in [5, 5.41) is 28.3. The first-order valence-corrected chi connectivity index (χ1v) is 9.31. The third-order valence-electron chi connectivity index (χ3n) is 3.63. The maximum absolute atomic E-state index is 13.0. The molecule has 0 unspecified atom stereocenters. The second kappa shape index (κ2) is 8.43. The number of ether oxygens (including phenoxy) is 1. The molecule has 0 aliphatic carbocycles. The summed E-state index contributed by atoms with van der Waals surface area (Å²) < 4.78 is 45.3. The van der Waals surface area contributed by atoms with E-state index < -0.39 is 22.8 Å². The van der Waals surface area contributed by atoms with E-state index in [4.69, 9.17) is 16.3 Å². The molecule has 1 aromatic carbocycles. The number of non-ortho nitro benzene ring substituents is 1. The Morgan fingerprint density at radius 1 is 1.34 bits per heavy atom. The van der Waals surface area contributed by atoms with Crippen LogP contribution in [0.15, 0.2) is 41.7 Å². The quantitative estimate of drug-likeness (QED) is 0.333. The Labute approximate surface area is 170 Å². The number of fused-ring (bicyclic) bond motifs is 1. The van der Waals surface area contributed by atoms with Crippen LogP contribution in [-0.2, 0) is 6.18 Å². The van der Waals surface area contributed by atoms with E-state index >= 15 is 0 Å². The lowest BCUT2D eigenvalue weighted by Crippen LogP contribution is -2.20. The van der Waals surface area contributed by atoms with Crippen molar-refractivity contribution in [2.24, 2.45) is 0 Å². The second-order valence-corrected chi connectivity index (χ2v) is 7.18. The normalized spacial score (nSPS) is 12.9. The lowest BCUT2D eigenvalue weighted by molar-refractivity contribution is -0.384. The van der Waals surface area contributed by atoms with Crippen molar-refractivity contribution in [1.82, 2.24) is 14.6 Å². The predicted molar refractivity (Wildman–Crippen MR) is 98.3 cm³/mol. The van der Waals surface area contributed by atoms with Crippen molar-refractivity contribution < 1.29 is 27.9 Å². The maximum atomic E-state index is 13.0. The molecule has 2 aromatic heterocycles. The van der Waals surface area contributed by atoms with Crippen molar-refractivity contribution in [3.05, 3.63) is 57.2 Å². The van der Waals surface area contributed by atoms with Crippen LogP contribution in [0.5, 0.6) is 5.75 Å². The fraction of sp³-hybridized carbons (Fsp3) is 0.250. The van der Waals surface area contributed by atoms with Gasteiger partial charge in [-0.15, -0.1) is 10.2 Å². The monoisotopic (exact) mass is 448 g/mol. The van der Waals surface area contributed by atoms with E-state index in [0.717, 1.165) is 28.4 Å². The summed E-state index contributed by atoms with van der Waals surface area (Å²) in [6, 6.07) is 6.22. The van der Waals surface area contributed by atoms with E-state index in [-0.39, 0.29) is 39.6 Å². The van der Waals surface area contributed by atoms with Gasteiger partial charge in [-0.25, -0.2) is 0 Å². The van der Waals surface area contributed by atoms with Gasteiger partial charge in [-0.2, -0.15) is 13.2 Å². The molecule has 3 rings (SSSR count). The third kappa shape index (κ3) is 5.08. The molecule has 0 aliphatic rings. The number of pyridine rings is 1. The largest absolute Gasteiger partial charge is 0.491 e. The van der Waals surface area contributed by atoms with Gasteiger partial charge >= 0.3 is 6.18 Å². The first-order chi connectivity index (χ1) is 13.6. The van der Waals surface area contributed by atoms with Gasteiger partial charge in [0.15, 0.2) is 10.8 Å². The van der Waals surface area contributed by atoms with Crippen molar-refractivity contribution in [2.45, 2.75) is 17.4 Å². The van der Waals surface area contributed by atoms with Crippen molar-refractivity contribution >= 4 is 34.7 Å². The third-order valence-corrected chi connectivity index (χ3v) is 5.00. The highest BCUT2D eigenvalue weighted by molar-refractivity contribution is 7.99. The predicted octanol–water partition coefficient (Wildman–Crippen LogP) is 3.84. The zero-order valence-corrected chi connectivity index (χ0v) is 15.9. The lowest BCUT2D eigenvalue weighted by atomic mass is 10.3. The minimum Gasteiger partial charge on any atom is -0.491 e. The zero-order valence-electron chi connectivity index (χ0n) is 14.3. The fourth-order valence-electron chi connectivity index (χ4n) is 2.29. The first kappa shape index (κ1) is 21.1. The number of benzene rings is 1. The Hall–Kier alpha value is -2.57. The molecule has 0 amide bonds. The summed E-state index contributed by atoms with van der Waals surface area (Å²) >= 11 is 6.81. The summed E-state index contributed by atoms with van der Waals surface area (Å²) in [4.78, 5) is 10.2. The van der Waals surface area contributed by atoms with Crippen molar-refractivity contribution in [1.29, 1.82) is 0 Å². The van der Waals surface area contributed by atoms with Crippen LogP contribution in [-0.4, -0.2) is 43.1 Å². The van der Waals surface area contributed by atoms with Crippen molar-refractivity contribution in [3.63, 3.8) is 0 Å². The van der Waals surface area contributed by atoms with Crippen LogP contribution in [0.1, 0.15) is 5.56 Å². The highest BCUT2D eigenvalue weighted by Crippen LogP contribution is 2.33. The number of aliphatic hydroxyl groups is 1. The summed E-state index contributed by atoms with van der Waals surface area (Å²) in [6.45, 7) is -0.181. The summed E-state index contributed by atoms with van der Waals surface area (Å²) in [6.07, 6.45) is -4.78. The molecule has 154 valence electrons. The van der Waals surface area contributed by atoms with Crippen LogP contribution >= 0.6 is 23.4 Å². The number of aromatic nitrogens is 3. The minimum absolute atomic E-state index is 0.0313. The number of hydrogen-bond acceptors (Lipinski definition) is 7. The van der Waals surface area contributed by atoms with Crippen LogP contribution in [0.4, 0.5) is 18.9 Å². The van der Waals surface area contributed by atoms with E-state index in [1.54, 1.807) is 0 Å². The molecule has 0 fully saturated rings. The van der Waals surface area contributed by atoms with E-state index in [9.17, 15) is 28.4 Å². The molecule has 1 N–H and O–H groups in total. The van der Waals surface area contributed by atoms with Crippen LogP contribution < -0.4 is 4.74 Å². The topological polar surface area (TPSA) is 103 Å². The summed E-state index contributed by atoms with van der Waals surface area (Å²) in [5.74, 6) is 0.238. The zero-order chi connectivity index (χ0) is 21.2. The number of thioether (sulfide) groups is 1. The van der Waals surface area contributed by atoms with Gasteiger partial charge in [0.2, 0.25) is 0 Å². The molecule has 0 saturated heterocycles. The van der Waals surface area contributed by atoms with Crippen molar-refractivity contribution in [2.75, 3.05) is 12.4 Å². The standard InChI is InChI=1S/C16H12ClF3N4O4S/c17-13-4-9(16(18,19)20)6-23-14(13)21-22-15(23)29-8-11(25)7-28-12-3-1-2-10(5-12)24(26)27/h1-6,11,25H,7-8H2/t11-/m1/s1. The summed E-state index contributed by atoms with van der Waals surface area (Å²) in [7, 11) is 0. The number of halogens is 4. The molecule has 13 heteroatoms. The summed E-state index contributed by atoms with van der Waals surface area (Å²) in [5.41, 5.74) is -1.05. The number of rotatable bonds is 7. The van der Waals surface area contributed by atoms with Gasteiger partial charge in [-0.3, -0.25) is 14.5 Å². The molecule has 1 atom stereocenters. The van der Waals surface area contributed by atoms with Gasteiger partial charge < -0.3 is 9.84 Å². The molecular formula is C16H12ClF3N4O4S. The van der Waals surface area contributed by atoms with Gasteiger partial charge in [0.05, 0.1) is 27.7 Å². The van der Waals surface area contributed by atoms with Gasteiger partial charge in [0, 0.05) is 18.0 Å². The molecule has 0 radical (unpaired) electrons. The van der Waals surface area contributed by atoms with Crippen LogP contribution in [0.25, 0.3) is 5.65 Å². The fourth-order valence-corrected chi connectivity index (χ4v) is 3.35. The molecular weight excluding hydrogens is 437 g/mol. The number of nitro benzene ring substituents is 1. The average molecular weight is 449 g/mol. The Balaban J connectivity index is 1.65. The highest BCUT2D eigenvalue weighted by atomic mass is 35.5. The van der Waals surface area contributed by atoms with Gasteiger partial charge in [-0.05, 0) is 12.1 Å². The first-order valence-electron chi connectivity index (χ1n) is 7.94. The van der Waals surface area contributed by atoms with E-state index in [2.05, 4.69) is 10.2 Å². The molecule has 3 aromatic rings. The van der Waals surface area contributed by atoms with E-state index in [1.165, 1.54) is 24.3 Å². The molecule has 0 saturated carbocycles. The van der Waals surface area contributed by atoms with Crippen LogP contribution in [0.2, 0.25) is 5.02 Å². The number of alkyl halides is 3. The van der Waals surface area contributed by atoms with Gasteiger partial charge in [-0.1, -0.05) is 29.4 Å². The number of hydrogen-bond donors (Lipinski definition) is 1. The van der Waals surface area contributed by atoms with E-state index in [0.29, 0.717) is 0 Å². The Bertz CT molecular complexity index is 1050. The second-order valence-electron chi connectivity index (χ2n) is 5.78. The number of nitrogens with zero attached hydrogens (tertiary/aromatic N) is 4. The molecule has 0 bridgehead atoms. The van der Waals surface area contributed by atoms with Gasteiger partial charge in [0.25, 0.3) is 5.69 Å². The van der Waals surface area contributed by atoms with Crippen LogP contribution in [0, 0.1) is 10.1 Å². The molecule has 2 heterocycles. The van der Waals surface area contributed by atoms with Crippen molar-refractivity contribution in [3.8, 4) is 5.75 Å². The molecule has 0 aliphatic heterocycles. The average Bonchev–Trinajstić information content (AvgIpc) is 3.08. The molecule has 8 nitrogen and oxygen atoms in total. The highest BCUT2D eigenvalue weighted by Gasteiger charge is 2.32. The maximum Gasteiger partial charge on any atom is 0.417 e. The lowest BCUT2D eigenvalue weighted by Gasteiger charge is -2.12. The Morgan fingerprint density at radius 3 is 2.79 bits per heavy atom. The molecule has 29 heavy (non-hydrogen) atoms. The van der Waals surface area contributed by atoms with Gasteiger partial charge in [0.1, 0.15) is 12.4 Å². The Kier molecular flexibility index (Phi) is 6.15. The minimum atomic E-state index is -4.59. The molecule has 0 spiro atoms. The van der Waals surface area contributed by atoms with E-state index in [1.807, 2.05) is 0 Å². The van der Waals surface area contributed by atoms with Crippen LogP contribution in [0.3, 0.4) is 0 Å². The SMILES string of the molecule is O=[N+]([O-])c1cccc(OC[C@@H](O)CSc2nnc3c(Cl)cc(C(F)(F)F)cn23)c1.